The third-order valence-electron chi connectivity index (χ3n) is 2.20. The van der Waals surface area contributed by atoms with E-state index in [2.05, 4.69) is 34.2 Å². The molecule has 0 spiro atoms. The van der Waals surface area contributed by atoms with Crippen molar-refractivity contribution < 1.29 is 40.2 Å². The molecule has 1 heterocycles. The zero-order valence-electron chi connectivity index (χ0n) is 11.2. The molecule has 0 atom stereocenters. The van der Waals surface area contributed by atoms with Gasteiger partial charge in [-0.2, -0.15) is 0 Å². The number of rotatable bonds is 1. The van der Waals surface area contributed by atoms with Crippen LogP contribution in [0.2, 0.25) is 15.8 Å². The summed E-state index contributed by atoms with van der Waals surface area (Å²) in [4.78, 5) is 0. The van der Waals surface area contributed by atoms with E-state index in [1.165, 1.54) is 5.52 Å². The van der Waals surface area contributed by atoms with Gasteiger partial charge in [0.1, 0.15) is 0 Å². The number of fused-ring (bicyclic) bond motifs is 1. The van der Waals surface area contributed by atoms with Crippen molar-refractivity contribution in [3.05, 3.63) is 24.3 Å². The van der Waals surface area contributed by atoms with Crippen LogP contribution in [-0.2, 0) is 0 Å². The predicted molar refractivity (Wildman–Crippen MR) is 66.6 cm³/mol. The first kappa shape index (κ1) is 16.5. The maximum absolute atomic E-state index is 9.75. The van der Waals surface area contributed by atoms with Gasteiger partial charge < -0.3 is 17.3 Å². The quantitative estimate of drug-likeness (QED) is 0.428. The molecule has 0 aliphatic carbocycles. The van der Waals surface area contributed by atoms with Gasteiger partial charge in [0.15, 0.2) is 0 Å². The van der Waals surface area contributed by atoms with Crippen molar-refractivity contribution in [1.82, 2.24) is 12.3 Å². The first-order chi connectivity index (χ1) is 8.35. The molecule has 0 aliphatic heterocycles. The molecule has 107 valence electrons. The van der Waals surface area contributed by atoms with Crippen molar-refractivity contribution in [1.29, 1.82) is 0 Å². The van der Waals surface area contributed by atoms with E-state index < -0.39 is 30.2 Å². The Labute approximate surface area is 110 Å². The first-order valence-corrected chi connectivity index (χ1v) is 24.3. The molecule has 3 nitrogen and oxygen atoms in total. The number of hydrogen-bond donors (Lipinski definition) is 0. The van der Waals surface area contributed by atoms with Crippen molar-refractivity contribution in [2.24, 2.45) is 0 Å². The van der Waals surface area contributed by atoms with Gasteiger partial charge in [0.25, 0.3) is 0 Å². The topological polar surface area (TPSA) is 30.7 Å². The van der Waals surface area contributed by atoms with Gasteiger partial charge in [0.2, 0.25) is 0 Å². The molecule has 0 fully saturated rings. The van der Waals surface area contributed by atoms with Crippen LogP contribution in [-0.4, -0.2) is 19.6 Å². The van der Waals surface area contributed by atoms with E-state index in [1.54, 1.807) is 0 Å². The van der Waals surface area contributed by atoms with Gasteiger partial charge in [-0.1, -0.05) is 0 Å². The van der Waals surface area contributed by atoms with Crippen LogP contribution in [0.15, 0.2) is 24.3 Å². The summed E-state index contributed by atoms with van der Waals surface area (Å²) in [5, 5.41) is 8.50. The molecule has 0 radical (unpaired) electrons. The minimum atomic E-state index is -6.00. The van der Waals surface area contributed by atoms with Gasteiger partial charge in [0, 0.05) is 0 Å². The Balaban J connectivity index is 0.000000312. The van der Waals surface area contributed by atoms with Crippen molar-refractivity contribution in [2.75, 3.05) is 0 Å². The van der Waals surface area contributed by atoms with Crippen LogP contribution in [0.4, 0.5) is 17.3 Å². The number of aromatic nitrogens is 3. The number of para-hydroxylation sites is 1. The van der Waals surface area contributed by atoms with Gasteiger partial charge in [-0.25, -0.2) is 0 Å². The normalized spacial score (nSPS) is 14.4. The molecule has 1 aromatic carbocycles. The van der Waals surface area contributed by atoms with Crippen LogP contribution >= 0.6 is 0 Å². The van der Waals surface area contributed by atoms with Crippen LogP contribution < -0.4 is 0 Å². The van der Waals surface area contributed by atoms with Gasteiger partial charge >= 0.3 is 93.7 Å². The fraction of sp³-hybridized carbons (Fsp3) is 0.400. The Kier molecular flexibility index (Phi) is 4.43. The van der Waals surface area contributed by atoms with Gasteiger partial charge in [-0.05, 0) is 0 Å². The number of halogens is 4. The summed E-state index contributed by atoms with van der Waals surface area (Å²) in [6, 6.07) is 8.17. The van der Waals surface area contributed by atoms with Crippen molar-refractivity contribution in [3.63, 3.8) is 0 Å². The van der Waals surface area contributed by atoms with Crippen molar-refractivity contribution in [3.8, 4) is 0 Å². The monoisotopic (exact) mass is 503 g/mol. The molecule has 9 heteroatoms. The number of hydrogen-bond acceptors (Lipinski definition) is 2. The second-order valence-electron chi connectivity index (χ2n) is 6.38. The van der Waals surface area contributed by atoms with E-state index in [0.717, 1.165) is 5.52 Å². The van der Waals surface area contributed by atoms with Gasteiger partial charge in [0.05, 0.1) is 0 Å². The molecule has 0 unspecified atom stereocenters. The molecule has 1 aromatic heterocycles. The van der Waals surface area contributed by atoms with E-state index in [-0.39, 0.29) is 0 Å². The average molecular weight is 503 g/mol. The summed E-state index contributed by atoms with van der Waals surface area (Å²) in [6.45, 7) is 0. The fourth-order valence-electron chi connectivity index (χ4n) is 1.53. The van der Waals surface area contributed by atoms with Gasteiger partial charge in [-0.3, -0.25) is 0 Å². The van der Waals surface area contributed by atoms with Crippen molar-refractivity contribution in [2.45, 2.75) is 15.8 Å². The predicted octanol–water partition coefficient (Wildman–Crippen LogP) is 4.38. The Hall–Kier alpha value is -0.543. The van der Waals surface area contributed by atoms with Crippen molar-refractivity contribution >= 4 is 18.3 Å². The summed E-state index contributed by atoms with van der Waals surface area (Å²) < 4.78 is 50.7. The standard InChI is InChI=1S/C6H4N3.4CH3.BF4.U/c1-2-4-6-5(3-1)7-9-8-6;;;;;2-1(3,4)5;/h1-4H;4*1H3;;/q-1;;;;;-1;+1. The maximum atomic E-state index is 9.75. The average Bonchev–Trinajstić information content (AvgIpc) is 2.56. The fourth-order valence-corrected chi connectivity index (χ4v) is 8.00. The molecule has 19 heavy (non-hydrogen) atoms. The number of nitrogens with zero attached hydrogens (tertiary/aromatic N) is 3. The van der Waals surface area contributed by atoms with Crippen LogP contribution in [0.3, 0.4) is 0 Å². The van der Waals surface area contributed by atoms with Crippen LogP contribution in [0.5, 0.6) is 0 Å². The van der Waals surface area contributed by atoms with E-state index in [0.29, 0.717) is 0 Å². The Morgan fingerprint density at radius 1 is 1.00 bits per heavy atom. The molecular weight excluding hydrogens is 487 g/mol. The molecule has 0 aliphatic rings. The second-order valence-corrected chi connectivity index (χ2v) is 40.6. The SMILES string of the molecule is F[B-](F)(F)F.[CH3][U]([CH3])([CH3])([CH3])[n]1nnc2ccccc21. The third-order valence-corrected chi connectivity index (χ3v) is 10.6. The molecule has 2 rings (SSSR count). The van der Waals surface area contributed by atoms with E-state index >= 15 is 0 Å². The molecule has 2 aromatic rings. The van der Waals surface area contributed by atoms with E-state index in [9.17, 15) is 17.3 Å². The van der Waals surface area contributed by atoms with Crippen LogP contribution in [0.25, 0.3) is 11.0 Å². The zero-order valence-corrected chi connectivity index (χ0v) is 15.4. The summed E-state index contributed by atoms with van der Waals surface area (Å²) in [5.41, 5.74) is 2.19. The molecule has 0 amide bonds. The van der Waals surface area contributed by atoms with E-state index in [4.69, 9.17) is 0 Å². The molecule has 0 N–H and O–H groups in total. The summed E-state index contributed by atoms with van der Waals surface area (Å²) in [5.74, 6) is 0. The minimum absolute atomic E-state index is 1.00. The molecule has 0 bridgehead atoms. The molecule has 0 saturated carbocycles. The summed E-state index contributed by atoms with van der Waals surface area (Å²) in [7, 11) is -6.00. The van der Waals surface area contributed by atoms with Crippen LogP contribution in [0, 0.1) is 23.0 Å². The Morgan fingerprint density at radius 3 is 1.95 bits per heavy atom. The summed E-state index contributed by atoms with van der Waals surface area (Å²) in [6.07, 6.45) is 0. The molecular formula is C10H16BF4N3U-. The molecule has 0 saturated heterocycles. The van der Waals surface area contributed by atoms with Gasteiger partial charge in [-0.15, -0.1) is 0 Å². The Bertz CT molecular complexity index is 558. The van der Waals surface area contributed by atoms with E-state index in [1.807, 2.05) is 18.2 Å². The second kappa shape index (κ2) is 5.10. The Morgan fingerprint density at radius 2 is 1.47 bits per heavy atom. The number of benzene rings is 1. The zero-order chi connectivity index (χ0) is 14.9. The van der Waals surface area contributed by atoms with Crippen LogP contribution in [0.1, 0.15) is 0 Å². The third kappa shape index (κ3) is 5.53. The summed E-state index contributed by atoms with van der Waals surface area (Å²) >= 11 is -2.92. The first-order valence-electron chi connectivity index (χ1n) is 5.77.